The van der Waals surface area contributed by atoms with Crippen LogP contribution in [0.15, 0.2) is 52.9 Å². The van der Waals surface area contributed by atoms with Gasteiger partial charge >= 0.3 is 0 Å². The first-order valence-electron chi connectivity index (χ1n) is 6.72. The maximum atomic E-state index is 13.2. The van der Waals surface area contributed by atoms with E-state index in [1.54, 1.807) is 6.07 Å². The third-order valence-corrected chi connectivity index (χ3v) is 3.52. The second-order valence-corrected chi connectivity index (χ2v) is 4.93. The molecule has 0 bridgehead atoms. The quantitative estimate of drug-likeness (QED) is 0.751. The molecule has 1 aromatic heterocycles. The van der Waals surface area contributed by atoms with Gasteiger partial charge in [-0.15, -0.1) is 0 Å². The van der Waals surface area contributed by atoms with Gasteiger partial charge in [0.05, 0.1) is 0 Å². The molecule has 3 rings (SSSR count). The van der Waals surface area contributed by atoms with Gasteiger partial charge in [-0.3, -0.25) is 0 Å². The molecule has 0 saturated carbocycles. The zero-order valence-electron chi connectivity index (χ0n) is 11.3. The molecule has 2 N–H and O–H groups in total. The lowest BCUT2D eigenvalue weighted by atomic mass is 10.0. The van der Waals surface area contributed by atoms with Crippen LogP contribution in [-0.2, 0) is 0 Å². The Morgan fingerprint density at radius 1 is 1.15 bits per heavy atom. The van der Waals surface area contributed by atoms with Gasteiger partial charge in [-0.2, -0.15) is 0 Å². The lowest BCUT2D eigenvalue weighted by Crippen LogP contribution is -2.08. The number of rotatable bonds is 3. The molecule has 102 valence electrons. The smallest absolute Gasteiger partial charge is 0.135 e. The summed E-state index contributed by atoms with van der Waals surface area (Å²) < 4.78 is 19.0. The van der Waals surface area contributed by atoms with Crippen molar-refractivity contribution in [1.29, 1.82) is 0 Å². The van der Waals surface area contributed by atoms with Gasteiger partial charge in [-0.1, -0.05) is 25.1 Å². The molecule has 2 nitrogen and oxygen atoms in total. The van der Waals surface area contributed by atoms with Crippen molar-refractivity contribution in [3.8, 4) is 11.3 Å². The van der Waals surface area contributed by atoms with E-state index in [0.717, 1.165) is 28.7 Å². The average molecular weight is 269 g/mol. The van der Waals surface area contributed by atoms with Crippen molar-refractivity contribution in [2.75, 3.05) is 0 Å². The lowest BCUT2D eigenvalue weighted by Gasteiger charge is -2.09. The predicted octanol–water partition coefficient (Wildman–Crippen LogP) is 4.65. The molecule has 0 radical (unpaired) electrons. The van der Waals surface area contributed by atoms with Gasteiger partial charge in [-0.25, -0.2) is 4.39 Å². The van der Waals surface area contributed by atoms with E-state index >= 15 is 0 Å². The summed E-state index contributed by atoms with van der Waals surface area (Å²) in [5, 5.41) is 0.769. The zero-order chi connectivity index (χ0) is 14.1. The van der Waals surface area contributed by atoms with E-state index in [9.17, 15) is 4.39 Å². The van der Waals surface area contributed by atoms with Crippen molar-refractivity contribution in [2.45, 2.75) is 19.4 Å². The van der Waals surface area contributed by atoms with Crippen LogP contribution in [0, 0.1) is 5.82 Å². The van der Waals surface area contributed by atoms with Crippen LogP contribution in [0.5, 0.6) is 0 Å². The molecular formula is C17H16FNO. The molecule has 1 unspecified atom stereocenters. The third kappa shape index (κ3) is 2.32. The standard InChI is InChI=1S/C17H16FNO/c1-2-15(19)11-4-3-5-12(8-11)17-10-13-9-14(18)6-7-16(13)20-17/h3-10,15H,2,19H2,1H3. The molecule has 3 aromatic rings. The van der Waals surface area contributed by atoms with Crippen molar-refractivity contribution in [3.05, 3.63) is 59.9 Å². The average Bonchev–Trinajstić information content (AvgIpc) is 2.89. The molecule has 0 aliphatic rings. The van der Waals surface area contributed by atoms with Crippen molar-refractivity contribution in [3.63, 3.8) is 0 Å². The van der Waals surface area contributed by atoms with E-state index in [2.05, 4.69) is 6.92 Å². The summed E-state index contributed by atoms with van der Waals surface area (Å²) in [6.45, 7) is 2.06. The highest BCUT2D eigenvalue weighted by molar-refractivity contribution is 5.82. The number of fused-ring (bicyclic) bond motifs is 1. The van der Waals surface area contributed by atoms with E-state index in [1.165, 1.54) is 12.1 Å². The van der Waals surface area contributed by atoms with E-state index in [0.29, 0.717) is 5.58 Å². The molecule has 0 aliphatic carbocycles. The Hall–Kier alpha value is -2.13. The van der Waals surface area contributed by atoms with Gasteiger partial charge in [-0.05, 0) is 42.3 Å². The van der Waals surface area contributed by atoms with Crippen LogP contribution in [0.4, 0.5) is 4.39 Å². The zero-order valence-corrected chi connectivity index (χ0v) is 11.3. The minimum atomic E-state index is -0.258. The summed E-state index contributed by atoms with van der Waals surface area (Å²) in [6.07, 6.45) is 0.884. The minimum absolute atomic E-state index is 0.0248. The Labute approximate surface area is 117 Å². The molecule has 0 spiro atoms. The molecule has 0 fully saturated rings. The molecular weight excluding hydrogens is 253 g/mol. The number of hydrogen-bond donors (Lipinski definition) is 1. The molecule has 20 heavy (non-hydrogen) atoms. The summed E-state index contributed by atoms with van der Waals surface area (Å²) in [5.41, 5.74) is 8.78. The Bertz CT molecular complexity index is 748. The molecule has 0 amide bonds. The Morgan fingerprint density at radius 3 is 2.80 bits per heavy atom. The maximum Gasteiger partial charge on any atom is 0.135 e. The normalized spacial score (nSPS) is 12.8. The number of halogens is 1. The van der Waals surface area contributed by atoms with Crippen molar-refractivity contribution in [1.82, 2.24) is 0 Å². The van der Waals surface area contributed by atoms with Crippen molar-refractivity contribution < 1.29 is 8.81 Å². The number of hydrogen-bond acceptors (Lipinski definition) is 2. The predicted molar refractivity (Wildman–Crippen MR) is 78.8 cm³/mol. The Kier molecular flexibility index (Phi) is 3.28. The highest BCUT2D eigenvalue weighted by Crippen LogP contribution is 2.29. The highest BCUT2D eigenvalue weighted by Gasteiger charge is 2.09. The number of nitrogens with two attached hydrogens (primary N) is 1. The van der Waals surface area contributed by atoms with Crippen LogP contribution in [-0.4, -0.2) is 0 Å². The summed E-state index contributed by atoms with van der Waals surface area (Å²) in [4.78, 5) is 0. The Morgan fingerprint density at radius 2 is 2.00 bits per heavy atom. The Balaban J connectivity index is 2.06. The second kappa shape index (κ2) is 5.10. The molecule has 1 heterocycles. The van der Waals surface area contributed by atoms with Crippen LogP contribution in [0.2, 0.25) is 0 Å². The fraction of sp³-hybridized carbons (Fsp3) is 0.176. The molecule has 0 saturated heterocycles. The SMILES string of the molecule is CCC(N)c1cccc(-c2cc3cc(F)ccc3o2)c1. The fourth-order valence-corrected chi connectivity index (χ4v) is 2.31. The third-order valence-electron chi connectivity index (χ3n) is 3.52. The monoisotopic (exact) mass is 269 g/mol. The lowest BCUT2D eigenvalue weighted by molar-refractivity contribution is 0.619. The van der Waals surface area contributed by atoms with Gasteiger partial charge in [0.1, 0.15) is 17.2 Å². The first-order valence-corrected chi connectivity index (χ1v) is 6.72. The van der Waals surface area contributed by atoms with Gasteiger partial charge in [0, 0.05) is 17.0 Å². The van der Waals surface area contributed by atoms with Crippen LogP contribution in [0.25, 0.3) is 22.3 Å². The molecule has 0 aliphatic heterocycles. The number of benzene rings is 2. The van der Waals surface area contributed by atoms with Crippen molar-refractivity contribution >= 4 is 11.0 Å². The summed E-state index contributed by atoms with van der Waals surface area (Å²) in [6, 6.07) is 14.4. The van der Waals surface area contributed by atoms with Crippen LogP contribution >= 0.6 is 0 Å². The summed E-state index contributed by atoms with van der Waals surface area (Å²) in [7, 11) is 0. The summed E-state index contributed by atoms with van der Waals surface area (Å²) >= 11 is 0. The van der Waals surface area contributed by atoms with Crippen LogP contribution in [0.1, 0.15) is 24.9 Å². The fourth-order valence-electron chi connectivity index (χ4n) is 2.31. The van der Waals surface area contributed by atoms with Gasteiger partial charge < -0.3 is 10.2 Å². The first kappa shape index (κ1) is 12.9. The topological polar surface area (TPSA) is 39.2 Å². The van der Waals surface area contributed by atoms with Crippen LogP contribution in [0.3, 0.4) is 0 Å². The molecule has 3 heteroatoms. The van der Waals surface area contributed by atoms with Crippen LogP contribution < -0.4 is 5.73 Å². The highest BCUT2D eigenvalue weighted by atomic mass is 19.1. The van der Waals surface area contributed by atoms with Gasteiger partial charge in [0.2, 0.25) is 0 Å². The first-order chi connectivity index (χ1) is 9.67. The van der Waals surface area contributed by atoms with E-state index in [4.69, 9.17) is 10.2 Å². The second-order valence-electron chi connectivity index (χ2n) is 4.93. The van der Waals surface area contributed by atoms with E-state index in [1.807, 2.05) is 30.3 Å². The summed E-state index contributed by atoms with van der Waals surface area (Å²) in [5.74, 6) is 0.474. The van der Waals surface area contributed by atoms with Crippen molar-refractivity contribution in [2.24, 2.45) is 5.73 Å². The molecule has 2 aromatic carbocycles. The van der Waals surface area contributed by atoms with E-state index in [-0.39, 0.29) is 11.9 Å². The maximum absolute atomic E-state index is 13.2. The van der Waals surface area contributed by atoms with E-state index < -0.39 is 0 Å². The van der Waals surface area contributed by atoms with Gasteiger partial charge in [0.25, 0.3) is 0 Å². The number of furan rings is 1. The minimum Gasteiger partial charge on any atom is -0.456 e. The van der Waals surface area contributed by atoms with Gasteiger partial charge in [0.15, 0.2) is 0 Å². The molecule has 1 atom stereocenters. The largest absolute Gasteiger partial charge is 0.456 e.